The van der Waals surface area contributed by atoms with Gasteiger partial charge in [-0.2, -0.15) is 0 Å². The van der Waals surface area contributed by atoms with Gasteiger partial charge < -0.3 is 4.74 Å². The molecule has 1 aliphatic heterocycles. The smallest absolute Gasteiger partial charge is 0.232 e. The molecule has 1 aliphatic carbocycles. The maximum atomic E-state index is 13.0. The quantitative estimate of drug-likeness (QED) is 0.827. The summed E-state index contributed by atoms with van der Waals surface area (Å²) < 4.78 is 5.30. The summed E-state index contributed by atoms with van der Waals surface area (Å²) >= 11 is 1.62. The van der Waals surface area contributed by atoms with E-state index in [-0.39, 0.29) is 17.6 Å². The fourth-order valence-corrected chi connectivity index (χ4v) is 4.61. The van der Waals surface area contributed by atoms with Gasteiger partial charge in [0, 0.05) is 41.0 Å². The van der Waals surface area contributed by atoms with Crippen molar-refractivity contribution in [1.82, 2.24) is 0 Å². The highest BCUT2D eigenvalue weighted by Crippen LogP contribution is 2.44. The SMILES string of the molecule is COc1cccc(N2C(=O)CC(c3cccs3)C3=C2CCCC3=O)c1. The van der Waals surface area contributed by atoms with E-state index in [1.807, 2.05) is 41.8 Å². The van der Waals surface area contributed by atoms with Crippen molar-refractivity contribution in [3.63, 3.8) is 0 Å². The molecule has 0 saturated carbocycles. The number of carbonyl (C=O) groups excluding carboxylic acids is 2. The van der Waals surface area contributed by atoms with Crippen LogP contribution in [0, 0.1) is 0 Å². The average molecular weight is 353 g/mol. The van der Waals surface area contributed by atoms with Crippen molar-refractivity contribution in [3.05, 3.63) is 57.9 Å². The van der Waals surface area contributed by atoms with Crippen LogP contribution in [0.2, 0.25) is 0 Å². The van der Waals surface area contributed by atoms with Crippen molar-refractivity contribution >= 4 is 28.7 Å². The van der Waals surface area contributed by atoms with E-state index in [1.165, 1.54) is 0 Å². The number of anilines is 1. The number of methoxy groups -OCH3 is 1. The van der Waals surface area contributed by atoms with Gasteiger partial charge >= 0.3 is 0 Å². The van der Waals surface area contributed by atoms with Gasteiger partial charge in [-0.3, -0.25) is 14.5 Å². The molecule has 0 N–H and O–H groups in total. The van der Waals surface area contributed by atoms with Gasteiger partial charge in [-0.25, -0.2) is 0 Å². The van der Waals surface area contributed by atoms with Gasteiger partial charge in [0.15, 0.2) is 5.78 Å². The van der Waals surface area contributed by atoms with Gasteiger partial charge in [0.25, 0.3) is 0 Å². The summed E-state index contributed by atoms with van der Waals surface area (Å²) in [5.74, 6) is 0.826. The van der Waals surface area contributed by atoms with Crippen LogP contribution in [-0.2, 0) is 9.59 Å². The minimum Gasteiger partial charge on any atom is -0.497 e. The number of hydrogen-bond acceptors (Lipinski definition) is 4. The van der Waals surface area contributed by atoms with E-state index in [0.29, 0.717) is 18.6 Å². The Kier molecular flexibility index (Phi) is 4.17. The number of hydrogen-bond donors (Lipinski definition) is 0. The Labute approximate surface area is 150 Å². The Bertz CT molecular complexity index is 854. The molecule has 1 aromatic heterocycles. The van der Waals surface area contributed by atoms with Crippen LogP contribution < -0.4 is 9.64 Å². The molecule has 0 saturated heterocycles. The molecule has 0 bridgehead atoms. The first kappa shape index (κ1) is 16.1. The first-order valence-corrected chi connectivity index (χ1v) is 9.33. The molecule has 0 spiro atoms. The standard InChI is InChI=1S/C20H19NO3S/c1-24-14-6-2-5-13(11-14)21-16-7-3-8-17(22)20(16)15(12-19(21)23)18-9-4-10-25-18/h2,4-6,9-11,15H,3,7-8,12H2,1H3. The molecule has 0 fully saturated rings. The van der Waals surface area contributed by atoms with Gasteiger partial charge in [-0.1, -0.05) is 12.1 Å². The number of ketones is 1. The monoisotopic (exact) mass is 353 g/mol. The second-order valence-electron chi connectivity index (χ2n) is 6.34. The van der Waals surface area contributed by atoms with Crippen molar-refractivity contribution in [1.29, 1.82) is 0 Å². The molecule has 1 amide bonds. The number of benzene rings is 1. The largest absolute Gasteiger partial charge is 0.497 e. The lowest BCUT2D eigenvalue weighted by molar-refractivity contribution is -0.119. The fourth-order valence-electron chi connectivity index (χ4n) is 3.77. The lowest BCUT2D eigenvalue weighted by Gasteiger charge is -2.38. The first-order valence-electron chi connectivity index (χ1n) is 8.45. The Morgan fingerprint density at radius 2 is 2.04 bits per heavy atom. The third-order valence-electron chi connectivity index (χ3n) is 4.87. The van der Waals surface area contributed by atoms with Crippen molar-refractivity contribution in [3.8, 4) is 5.75 Å². The molecule has 2 aromatic rings. The second-order valence-corrected chi connectivity index (χ2v) is 7.32. The summed E-state index contributed by atoms with van der Waals surface area (Å²) in [6.07, 6.45) is 2.46. The number of carbonyl (C=O) groups is 2. The normalized spacial score (nSPS) is 20.7. The number of amides is 1. The molecule has 128 valence electrons. The van der Waals surface area contributed by atoms with Crippen LogP contribution in [0.15, 0.2) is 53.0 Å². The summed E-state index contributed by atoms with van der Waals surface area (Å²) in [6, 6.07) is 11.5. The van der Waals surface area contributed by atoms with Gasteiger partial charge in [-0.05, 0) is 36.4 Å². The molecular weight excluding hydrogens is 334 g/mol. The van der Waals surface area contributed by atoms with E-state index in [1.54, 1.807) is 23.3 Å². The zero-order valence-corrected chi connectivity index (χ0v) is 14.8. The highest BCUT2D eigenvalue weighted by atomic mass is 32.1. The number of rotatable bonds is 3. The Balaban J connectivity index is 1.85. The van der Waals surface area contributed by atoms with Crippen LogP contribution in [0.4, 0.5) is 5.69 Å². The molecule has 4 rings (SSSR count). The first-order chi connectivity index (χ1) is 12.2. The molecule has 2 heterocycles. The lowest BCUT2D eigenvalue weighted by atomic mass is 9.79. The van der Waals surface area contributed by atoms with Crippen LogP contribution in [0.25, 0.3) is 0 Å². The Morgan fingerprint density at radius 1 is 1.16 bits per heavy atom. The maximum Gasteiger partial charge on any atom is 0.232 e. The molecule has 1 aromatic carbocycles. The minimum absolute atomic E-state index is 0.0418. The molecule has 1 atom stereocenters. The summed E-state index contributed by atoms with van der Waals surface area (Å²) in [6.45, 7) is 0. The molecule has 25 heavy (non-hydrogen) atoms. The molecule has 1 unspecified atom stereocenters. The van der Waals surface area contributed by atoms with Gasteiger partial charge in [0.05, 0.1) is 12.8 Å². The van der Waals surface area contributed by atoms with E-state index in [0.717, 1.165) is 34.7 Å². The highest BCUT2D eigenvalue weighted by molar-refractivity contribution is 7.10. The zero-order valence-electron chi connectivity index (χ0n) is 14.0. The summed E-state index contributed by atoms with van der Waals surface area (Å²) in [5, 5.41) is 2.00. The van der Waals surface area contributed by atoms with Crippen LogP contribution in [0.1, 0.15) is 36.5 Å². The number of Topliss-reactive ketones (excluding diaryl/α,β-unsaturated/α-hetero) is 1. The average Bonchev–Trinajstić information content (AvgIpc) is 3.15. The van der Waals surface area contributed by atoms with E-state index in [9.17, 15) is 9.59 Å². The van der Waals surface area contributed by atoms with Crippen LogP contribution in [0.3, 0.4) is 0 Å². The molecule has 5 heteroatoms. The Morgan fingerprint density at radius 3 is 2.80 bits per heavy atom. The second kappa shape index (κ2) is 6.48. The highest BCUT2D eigenvalue weighted by Gasteiger charge is 2.40. The number of ether oxygens (including phenoxy) is 1. The topological polar surface area (TPSA) is 46.6 Å². The summed E-state index contributed by atoms with van der Waals surface area (Å²) in [5.41, 5.74) is 2.48. The van der Waals surface area contributed by atoms with Crippen molar-refractivity contribution in [2.24, 2.45) is 0 Å². The zero-order chi connectivity index (χ0) is 17.4. The summed E-state index contributed by atoms with van der Waals surface area (Å²) in [4.78, 5) is 28.6. The molecule has 0 radical (unpaired) electrons. The lowest BCUT2D eigenvalue weighted by Crippen LogP contribution is -2.40. The molecular formula is C20H19NO3S. The van der Waals surface area contributed by atoms with Crippen LogP contribution in [0.5, 0.6) is 5.75 Å². The summed E-state index contributed by atoms with van der Waals surface area (Å²) in [7, 11) is 1.61. The van der Waals surface area contributed by atoms with Crippen molar-refractivity contribution in [2.45, 2.75) is 31.6 Å². The third kappa shape index (κ3) is 2.78. The van der Waals surface area contributed by atoms with E-state index >= 15 is 0 Å². The van der Waals surface area contributed by atoms with E-state index in [2.05, 4.69) is 0 Å². The van der Waals surface area contributed by atoms with Crippen molar-refractivity contribution < 1.29 is 14.3 Å². The number of thiophene rings is 1. The van der Waals surface area contributed by atoms with Crippen molar-refractivity contribution in [2.75, 3.05) is 12.0 Å². The minimum atomic E-state index is -0.0999. The predicted octanol–water partition coefficient (Wildman–Crippen LogP) is 4.28. The van der Waals surface area contributed by atoms with E-state index < -0.39 is 0 Å². The predicted molar refractivity (Wildman–Crippen MR) is 98.0 cm³/mol. The molecule has 2 aliphatic rings. The number of nitrogens with zero attached hydrogens (tertiary/aromatic N) is 1. The van der Waals surface area contributed by atoms with Gasteiger partial charge in [0.2, 0.25) is 5.91 Å². The van der Waals surface area contributed by atoms with Crippen LogP contribution in [-0.4, -0.2) is 18.8 Å². The fraction of sp³-hybridized carbons (Fsp3) is 0.300. The van der Waals surface area contributed by atoms with Gasteiger partial charge in [0.1, 0.15) is 5.75 Å². The maximum absolute atomic E-state index is 13.0. The number of allylic oxidation sites excluding steroid dienone is 2. The van der Waals surface area contributed by atoms with Crippen LogP contribution >= 0.6 is 11.3 Å². The molecule has 4 nitrogen and oxygen atoms in total. The Hall–Kier alpha value is -2.40. The third-order valence-corrected chi connectivity index (χ3v) is 5.86. The van der Waals surface area contributed by atoms with E-state index in [4.69, 9.17) is 4.74 Å². The van der Waals surface area contributed by atoms with Gasteiger partial charge in [-0.15, -0.1) is 11.3 Å².